The van der Waals surface area contributed by atoms with Gasteiger partial charge >= 0.3 is 0 Å². The SMILES string of the molecule is CCN1CC[C@H]2OCCN(Cc3c(C)nn(C(C)(C)C)c3C)[C@H]2C1. The number of aryl methyl sites for hydroxylation is 1. The Balaban J connectivity index is 1.81. The lowest BCUT2D eigenvalue weighted by Gasteiger charge is -2.47. The number of ether oxygens (including phenoxy) is 1. The summed E-state index contributed by atoms with van der Waals surface area (Å²) in [5, 5.41) is 4.83. The molecule has 24 heavy (non-hydrogen) atoms. The van der Waals surface area contributed by atoms with Crippen molar-refractivity contribution in [3.05, 3.63) is 17.0 Å². The molecule has 2 aliphatic rings. The van der Waals surface area contributed by atoms with Crippen molar-refractivity contribution in [1.82, 2.24) is 19.6 Å². The van der Waals surface area contributed by atoms with Gasteiger partial charge in [-0.1, -0.05) is 6.92 Å². The van der Waals surface area contributed by atoms with Gasteiger partial charge in [-0.3, -0.25) is 9.58 Å². The molecule has 3 heterocycles. The van der Waals surface area contributed by atoms with Crippen LogP contribution in [0.3, 0.4) is 0 Å². The minimum atomic E-state index is 0.0322. The van der Waals surface area contributed by atoms with E-state index in [9.17, 15) is 0 Å². The monoisotopic (exact) mass is 334 g/mol. The highest BCUT2D eigenvalue weighted by atomic mass is 16.5. The van der Waals surface area contributed by atoms with Crippen molar-refractivity contribution in [2.45, 2.75) is 72.2 Å². The van der Waals surface area contributed by atoms with Crippen molar-refractivity contribution in [3.63, 3.8) is 0 Å². The van der Waals surface area contributed by atoms with Crippen molar-refractivity contribution < 1.29 is 4.74 Å². The Morgan fingerprint density at radius 1 is 1.21 bits per heavy atom. The number of nitrogens with zero attached hydrogens (tertiary/aromatic N) is 4. The van der Waals surface area contributed by atoms with E-state index in [4.69, 9.17) is 9.84 Å². The molecule has 2 saturated heterocycles. The Morgan fingerprint density at radius 3 is 2.58 bits per heavy atom. The number of likely N-dealkylation sites (tertiary alicyclic amines) is 1. The average Bonchev–Trinajstić information content (AvgIpc) is 2.83. The zero-order valence-corrected chi connectivity index (χ0v) is 16.3. The maximum absolute atomic E-state index is 6.07. The molecule has 0 bridgehead atoms. The molecule has 1 aromatic heterocycles. The van der Waals surface area contributed by atoms with Gasteiger partial charge < -0.3 is 9.64 Å². The van der Waals surface area contributed by atoms with Crippen LogP contribution in [-0.2, 0) is 16.8 Å². The summed E-state index contributed by atoms with van der Waals surface area (Å²) in [5.74, 6) is 0. The Hall–Kier alpha value is -0.910. The molecule has 5 nitrogen and oxygen atoms in total. The number of fused-ring (bicyclic) bond motifs is 1. The molecule has 0 saturated carbocycles. The van der Waals surface area contributed by atoms with Gasteiger partial charge in [0.25, 0.3) is 0 Å². The van der Waals surface area contributed by atoms with E-state index in [1.807, 2.05) is 0 Å². The van der Waals surface area contributed by atoms with Gasteiger partial charge in [0.15, 0.2) is 0 Å². The van der Waals surface area contributed by atoms with Gasteiger partial charge in [-0.05, 0) is 47.6 Å². The van der Waals surface area contributed by atoms with Crippen LogP contribution >= 0.6 is 0 Å². The highest BCUT2D eigenvalue weighted by Gasteiger charge is 2.37. The minimum Gasteiger partial charge on any atom is -0.375 e. The number of rotatable bonds is 3. The number of piperidine rings is 1. The minimum absolute atomic E-state index is 0.0322. The fourth-order valence-corrected chi connectivity index (χ4v) is 4.25. The fourth-order valence-electron chi connectivity index (χ4n) is 4.25. The van der Waals surface area contributed by atoms with Crippen LogP contribution in [0.15, 0.2) is 0 Å². The molecule has 0 aliphatic carbocycles. The molecule has 1 aromatic rings. The Kier molecular flexibility index (Phi) is 5.05. The Labute approximate surface area is 146 Å². The molecule has 0 radical (unpaired) electrons. The molecular formula is C19H34N4O. The van der Waals surface area contributed by atoms with Crippen molar-refractivity contribution in [2.24, 2.45) is 0 Å². The van der Waals surface area contributed by atoms with Crippen molar-refractivity contribution in [1.29, 1.82) is 0 Å². The second-order valence-electron chi connectivity index (χ2n) is 8.36. The van der Waals surface area contributed by atoms with Crippen LogP contribution in [0.1, 0.15) is 51.1 Å². The lowest BCUT2D eigenvalue weighted by atomic mass is 9.97. The number of morpholine rings is 1. The largest absolute Gasteiger partial charge is 0.375 e. The third-order valence-electron chi connectivity index (χ3n) is 5.67. The van der Waals surface area contributed by atoms with Crippen LogP contribution in [0.5, 0.6) is 0 Å². The van der Waals surface area contributed by atoms with Gasteiger partial charge in [0.1, 0.15) is 0 Å². The van der Waals surface area contributed by atoms with Crippen LogP contribution in [0.25, 0.3) is 0 Å². The summed E-state index contributed by atoms with van der Waals surface area (Å²) in [6, 6.07) is 0.518. The first-order valence-corrected chi connectivity index (χ1v) is 9.45. The van der Waals surface area contributed by atoms with E-state index in [-0.39, 0.29) is 5.54 Å². The van der Waals surface area contributed by atoms with E-state index in [0.717, 1.165) is 39.2 Å². The Morgan fingerprint density at radius 2 is 1.96 bits per heavy atom. The predicted octanol–water partition coefficient (Wildman–Crippen LogP) is 2.55. The van der Waals surface area contributed by atoms with Gasteiger partial charge in [0, 0.05) is 43.5 Å². The molecule has 2 aliphatic heterocycles. The summed E-state index contributed by atoms with van der Waals surface area (Å²) >= 11 is 0. The molecule has 0 N–H and O–H groups in total. The van der Waals surface area contributed by atoms with Crippen LogP contribution in [0, 0.1) is 13.8 Å². The highest BCUT2D eigenvalue weighted by molar-refractivity contribution is 5.25. The standard InChI is InChI=1S/C19H34N4O/c1-7-21-9-8-18-17(13-21)22(10-11-24-18)12-16-14(2)20-23(15(16)3)19(4,5)6/h17-18H,7-13H2,1-6H3/t17-,18+/m0/s1. The fraction of sp³-hybridized carbons (Fsp3) is 0.842. The van der Waals surface area contributed by atoms with Crippen molar-refractivity contribution in [3.8, 4) is 0 Å². The first-order valence-electron chi connectivity index (χ1n) is 9.45. The van der Waals surface area contributed by atoms with Crippen LogP contribution in [0.4, 0.5) is 0 Å². The molecule has 0 unspecified atom stereocenters. The average molecular weight is 335 g/mol. The van der Waals surface area contributed by atoms with Crippen molar-refractivity contribution >= 4 is 0 Å². The molecule has 3 rings (SSSR count). The quantitative estimate of drug-likeness (QED) is 0.851. The smallest absolute Gasteiger partial charge is 0.0755 e. The summed E-state index contributed by atoms with van der Waals surface area (Å²) in [5.41, 5.74) is 3.92. The lowest BCUT2D eigenvalue weighted by Crippen LogP contribution is -2.59. The van der Waals surface area contributed by atoms with Gasteiger partial charge in [-0.25, -0.2) is 0 Å². The zero-order chi connectivity index (χ0) is 17.5. The maximum atomic E-state index is 6.07. The van der Waals surface area contributed by atoms with E-state index in [0.29, 0.717) is 12.1 Å². The number of hydrogen-bond acceptors (Lipinski definition) is 4. The maximum Gasteiger partial charge on any atom is 0.0755 e. The second-order valence-corrected chi connectivity index (χ2v) is 8.36. The highest BCUT2D eigenvalue weighted by Crippen LogP contribution is 2.27. The first kappa shape index (κ1) is 17.9. The summed E-state index contributed by atoms with van der Waals surface area (Å²) in [6.07, 6.45) is 1.56. The van der Waals surface area contributed by atoms with Crippen molar-refractivity contribution in [2.75, 3.05) is 32.8 Å². The van der Waals surface area contributed by atoms with E-state index >= 15 is 0 Å². The molecule has 2 fully saturated rings. The third kappa shape index (κ3) is 3.39. The first-order chi connectivity index (χ1) is 11.3. The van der Waals surface area contributed by atoms with Gasteiger partial charge in [-0.15, -0.1) is 0 Å². The third-order valence-corrected chi connectivity index (χ3v) is 5.67. The molecule has 0 aromatic carbocycles. The molecular weight excluding hydrogens is 300 g/mol. The molecule has 5 heteroatoms. The predicted molar refractivity (Wildman–Crippen MR) is 97.4 cm³/mol. The molecule has 136 valence electrons. The summed E-state index contributed by atoms with van der Waals surface area (Å²) in [7, 11) is 0. The van der Waals surface area contributed by atoms with E-state index in [1.165, 1.54) is 23.5 Å². The van der Waals surface area contributed by atoms with Crippen LogP contribution < -0.4 is 0 Å². The topological polar surface area (TPSA) is 33.5 Å². The summed E-state index contributed by atoms with van der Waals surface area (Å²) < 4.78 is 8.26. The molecule has 2 atom stereocenters. The summed E-state index contributed by atoms with van der Waals surface area (Å²) in [4.78, 5) is 5.20. The van der Waals surface area contributed by atoms with E-state index < -0.39 is 0 Å². The van der Waals surface area contributed by atoms with Crippen LogP contribution in [-0.4, -0.2) is 64.5 Å². The second kappa shape index (κ2) is 6.77. The number of aromatic nitrogens is 2. The number of likely N-dealkylation sites (N-methyl/N-ethyl adjacent to an activating group) is 1. The normalized spacial score (nSPS) is 26.6. The van der Waals surface area contributed by atoms with E-state index in [2.05, 4.69) is 56.0 Å². The lowest BCUT2D eigenvalue weighted by molar-refractivity contribution is -0.105. The zero-order valence-electron chi connectivity index (χ0n) is 16.3. The Bertz CT molecular complexity index is 575. The van der Waals surface area contributed by atoms with Gasteiger partial charge in [0.2, 0.25) is 0 Å². The molecule has 0 amide bonds. The van der Waals surface area contributed by atoms with Gasteiger partial charge in [0.05, 0.1) is 23.9 Å². The van der Waals surface area contributed by atoms with Crippen LogP contribution in [0.2, 0.25) is 0 Å². The molecule has 0 spiro atoms. The van der Waals surface area contributed by atoms with E-state index in [1.54, 1.807) is 0 Å². The number of hydrogen-bond donors (Lipinski definition) is 0. The summed E-state index contributed by atoms with van der Waals surface area (Å²) in [6.45, 7) is 19.6. The van der Waals surface area contributed by atoms with Gasteiger partial charge in [-0.2, -0.15) is 5.10 Å².